The van der Waals surface area contributed by atoms with Gasteiger partial charge in [0, 0.05) is 26.4 Å². The summed E-state index contributed by atoms with van der Waals surface area (Å²) in [5.74, 6) is -1.04. The summed E-state index contributed by atoms with van der Waals surface area (Å²) in [5, 5.41) is 18.6. The third-order valence-electron chi connectivity index (χ3n) is 4.97. The van der Waals surface area contributed by atoms with Crippen LogP contribution in [0.5, 0.6) is 0 Å². The Bertz CT molecular complexity index is 1370. The lowest BCUT2D eigenvalue weighted by Gasteiger charge is -2.28. The molecule has 1 aromatic carbocycles. The van der Waals surface area contributed by atoms with E-state index in [0.29, 0.717) is 10.2 Å². The van der Waals surface area contributed by atoms with Crippen molar-refractivity contribution in [3.05, 3.63) is 68.5 Å². The molecule has 0 aliphatic carbocycles. The lowest BCUT2D eigenvalue weighted by atomic mass is 10.0. The van der Waals surface area contributed by atoms with Crippen LogP contribution in [0.15, 0.2) is 41.1 Å². The zero-order valence-corrected chi connectivity index (χ0v) is 21.4. The molecule has 2 aromatic heterocycles. The predicted octanol–water partition coefficient (Wildman–Crippen LogP) is 3.80. The second kappa shape index (κ2) is 10.5. The van der Waals surface area contributed by atoms with Crippen LogP contribution in [0, 0.1) is 18.3 Å². The van der Waals surface area contributed by atoms with Crippen molar-refractivity contribution in [1.29, 1.82) is 5.26 Å². The SMILES string of the molecule is COC(=O)N(C)N(C)C(=O)c1cc(C#N)cc(C)c1NC(=O)c1cc(Br)nn1-c1ncccc1Cl. The average molecular weight is 561 g/mol. The Labute approximate surface area is 213 Å². The third kappa shape index (κ3) is 5.26. The summed E-state index contributed by atoms with van der Waals surface area (Å²) in [6, 6.07) is 9.56. The largest absolute Gasteiger partial charge is 0.452 e. The first-order valence-electron chi connectivity index (χ1n) is 9.91. The number of benzene rings is 1. The van der Waals surface area contributed by atoms with Gasteiger partial charge in [-0.2, -0.15) is 10.4 Å². The Morgan fingerprint density at radius 2 is 1.94 bits per heavy atom. The van der Waals surface area contributed by atoms with Crippen molar-refractivity contribution in [3.63, 3.8) is 0 Å². The first-order valence-corrected chi connectivity index (χ1v) is 11.1. The summed E-state index contributed by atoms with van der Waals surface area (Å²) in [6.07, 6.45) is 0.730. The molecule has 180 valence electrons. The minimum Gasteiger partial charge on any atom is -0.452 e. The van der Waals surface area contributed by atoms with Crippen LogP contribution in [-0.2, 0) is 4.74 Å². The quantitative estimate of drug-likeness (QED) is 0.480. The van der Waals surface area contributed by atoms with Crippen LogP contribution in [-0.4, -0.2) is 63.9 Å². The number of nitriles is 1. The van der Waals surface area contributed by atoms with Gasteiger partial charge in [-0.1, -0.05) is 11.6 Å². The first kappa shape index (κ1) is 25.7. The van der Waals surface area contributed by atoms with E-state index in [1.807, 2.05) is 6.07 Å². The fraction of sp³-hybridized carbons (Fsp3) is 0.182. The number of anilines is 1. The lowest BCUT2D eigenvalue weighted by Crippen LogP contribution is -2.45. The summed E-state index contributed by atoms with van der Waals surface area (Å²) in [5.41, 5.74) is 0.885. The molecule has 0 unspecified atom stereocenters. The number of amides is 3. The zero-order valence-electron chi connectivity index (χ0n) is 19.0. The Morgan fingerprint density at radius 1 is 1.23 bits per heavy atom. The van der Waals surface area contributed by atoms with Gasteiger partial charge >= 0.3 is 6.09 Å². The molecule has 0 radical (unpaired) electrons. The number of aryl methyl sites for hydroxylation is 1. The molecule has 3 amide bonds. The number of ether oxygens (including phenoxy) is 1. The number of rotatable bonds is 4. The maximum atomic E-state index is 13.3. The smallest absolute Gasteiger partial charge is 0.428 e. The fourth-order valence-electron chi connectivity index (χ4n) is 3.14. The molecule has 0 spiro atoms. The topological polar surface area (TPSA) is 133 Å². The van der Waals surface area contributed by atoms with Crippen LogP contribution in [0.3, 0.4) is 0 Å². The number of nitrogens with one attached hydrogen (secondary N) is 1. The van der Waals surface area contributed by atoms with Crippen molar-refractivity contribution >= 4 is 51.1 Å². The van der Waals surface area contributed by atoms with Crippen LogP contribution >= 0.6 is 27.5 Å². The molecule has 0 saturated heterocycles. The number of hydrazine groups is 1. The monoisotopic (exact) mass is 559 g/mol. The molecule has 0 fully saturated rings. The van der Waals surface area contributed by atoms with Crippen LogP contribution in [0.1, 0.15) is 32.0 Å². The summed E-state index contributed by atoms with van der Waals surface area (Å²) in [7, 11) is 3.88. The van der Waals surface area contributed by atoms with Crippen LogP contribution in [0.25, 0.3) is 5.82 Å². The normalized spacial score (nSPS) is 10.3. The number of carbonyl (C=O) groups excluding carboxylic acids is 3. The number of hydrogen-bond acceptors (Lipinski definition) is 7. The molecule has 35 heavy (non-hydrogen) atoms. The van der Waals surface area contributed by atoms with Gasteiger partial charge in [0.15, 0.2) is 5.82 Å². The van der Waals surface area contributed by atoms with E-state index in [9.17, 15) is 19.6 Å². The molecular formula is C22H19BrClN7O4. The Hall–Kier alpha value is -3.95. The van der Waals surface area contributed by atoms with Crippen molar-refractivity contribution in [2.24, 2.45) is 0 Å². The minimum absolute atomic E-state index is 0.00541. The van der Waals surface area contributed by atoms with Gasteiger partial charge in [-0.05, 0) is 52.7 Å². The minimum atomic E-state index is -0.777. The van der Waals surface area contributed by atoms with Gasteiger partial charge in [-0.3, -0.25) is 9.59 Å². The molecule has 13 heteroatoms. The van der Waals surface area contributed by atoms with E-state index in [2.05, 4.69) is 36.1 Å². The highest BCUT2D eigenvalue weighted by Gasteiger charge is 2.26. The highest BCUT2D eigenvalue weighted by atomic mass is 79.9. The van der Waals surface area contributed by atoms with Gasteiger partial charge in [-0.25, -0.2) is 24.5 Å². The molecule has 0 aliphatic rings. The Balaban J connectivity index is 2.05. The maximum Gasteiger partial charge on any atom is 0.428 e. The average Bonchev–Trinajstić information content (AvgIpc) is 3.24. The van der Waals surface area contributed by atoms with Crippen molar-refractivity contribution in [1.82, 2.24) is 24.8 Å². The number of hydrogen-bond donors (Lipinski definition) is 1. The van der Waals surface area contributed by atoms with Gasteiger partial charge in [0.25, 0.3) is 11.8 Å². The van der Waals surface area contributed by atoms with E-state index >= 15 is 0 Å². The third-order valence-corrected chi connectivity index (χ3v) is 5.65. The summed E-state index contributed by atoms with van der Waals surface area (Å²) in [4.78, 5) is 42.7. The zero-order chi connectivity index (χ0) is 25.9. The molecule has 3 rings (SSSR count). The van der Waals surface area contributed by atoms with Gasteiger partial charge in [0.05, 0.1) is 35.0 Å². The van der Waals surface area contributed by atoms with Crippen LogP contribution in [0.4, 0.5) is 10.5 Å². The number of methoxy groups -OCH3 is 1. The molecule has 11 nitrogen and oxygen atoms in total. The summed E-state index contributed by atoms with van der Waals surface area (Å²) >= 11 is 9.49. The van der Waals surface area contributed by atoms with Crippen molar-refractivity contribution in [2.75, 3.05) is 26.5 Å². The fourth-order valence-corrected chi connectivity index (χ4v) is 3.71. The molecular weight excluding hydrogens is 542 g/mol. The van der Waals surface area contributed by atoms with Gasteiger partial charge in [0.2, 0.25) is 0 Å². The maximum absolute atomic E-state index is 13.3. The number of halogens is 2. The van der Waals surface area contributed by atoms with E-state index in [1.165, 1.54) is 50.3 Å². The van der Waals surface area contributed by atoms with Gasteiger partial charge in [-0.15, -0.1) is 0 Å². The summed E-state index contributed by atoms with van der Waals surface area (Å²) in [6.45, 7) is 1.64. The van der Waals surface area contributed by atoms with E-state index in [-0.39, 0.29) is 33.3 Å². The number of carbonyl (C=O) groups is 3. The molecule has 0 atom stereocenters. The summed E-state index contributed by atoms with van der Waals surface area (Å²) < 4.78 is 6.27. The van der Waals surface area contributed by atoms with Gasteiger partial charge < -0.3 is 10.1 Å². The molecule has 3 aromatic rings. The van der Waals surface area contributed by atoms with Crippen LogP contribution < -0.4 is 5.32 Å². The number of pyridine rings is 1. The molecule has 0 aliphatic heterocycles. The van der Waals surface area contributed by atoms with E-state index in [0.717, 1.165) is 10.0 Å². The Kier molecular flexibility index (Phi) is 7.73. The van der Waals surface area contributed by atoms with E-state index in [1.54, 1.807) is 19.1 Å². The van der Waals surface area contributed by atoms with Crippen molar-refractivity contribution < 1.29 is 19.1 Å². The van der Waals surface area contributed by atoms with Crippen molar-refractivity contribution in [2.45, 2.75) is 6.92 Å². The Morgan fingerprint density at radius 3 is 2.57 bits per heavy atom. The highest BCUT2D eigenvalue weighted by Crippen LogP contribution is 2.27. The van der Waals surface area contributed by atoms with Gasteiger partial charge in [0.1, 0.15) is 10.3 Å². The number of nitrogens with zero attached hydrogens (tertiary/aromatic N) is 6. The lowest BCUT2D eigenvalue weighted by molar-refractivity contribution is 0.0193. The molecule has 2 heterocycles. The van der Waals surface area contributed by atoms with E-state index < -0.39 is 17.9 Å². The van der Waals surface area contributed by atoms with E-state index in [4.69, 9.17) is 11.6 Å². The predicted molar refractivity (Wildman–Crippen MR) is 130 cm³/mol. The standard InChI is InChI=1S/C22H19BrClN7O4/c1-12-8-13(11-25)9-14(21(33)29(2)30(3)22(34)35-4)18(12)27-20(32)16-10-17(23)28-31(16)19-15(24)6-5-7-26-19/h5-10H,1-4H3,(H,27,32). The molecule has 0 bridgehead atoms. The second-order valence-electron chi connectivity index (χ2n) is 7.18. The molecule has 0 saturated carbocycles. The number of aromatic nitrogens is 3. The second-order valence-corrected chi connectivity index (χ2v) is 8.40. The first-order chi connectivity index (χ1) is 16.6. The highest BCUT2D eigenvalue weighted by molar-refractivity contribution is 9.10. The van der Waals surface area contributed by atoms with Crippen LogP contribution in [0.2, 0.25) is 5.02 Å². The van der Waals surface area contributed by atoms with Crippen molar-refractivity contribution in [3.8, 4) is 11.9 Å². The molecule has 1 N–H and O–H groups in total.